The molecule has 0 aliphatic carbocycles. The first-order chi connectivity index (χ1) is 13.9. The molecule has 0 atom stereocenters. The van der Waals surface area contributed by atoms with E-state index in [-0.39, 0.29) is 18.3 Å². The van der Waals surface area contributed by atoms with Crippen molar-refractivity contribution in [2.45, 2.75) is 26.7 Å². The summed E-state index contributed by atoms with van der Waals surface area (Å²) in [6.45, 7) is 5.38. The van der Waals surface area contributed by atoms with Gasteiger partial charge in [-0.15, -0.1) is 0 Å². The van der Waals surface area contributed by atoms with Crippen molar-refractivity contribution in [1.82, 2.24) is 10.9 Å². The van der Waals surface area contributed by atoms with Gasteiger partial charge in [0.25, 0.3) is 11.8 Å². The highest BCUT2D eigenvalue weighted by molar-refractivity contribution is 5.84. The van der Waals surface area contributed by atoms with Crippen LogP contribution in [0.25, 0.3) is 0 Å². The van der Waals surface area contributed by atoms with E-state index < -0.39 is 18.4 Å². The summed E-state index contributed by atoms with van der Waals surface area (Å²) >= 11 is 0. The van der Waals surface area contributed by atoms with Crippen molar-refractivity contribution in [3.63, 3.8) is 0 Å². The average Bonchev–Trinajstić information content (AvgIpc) is 2.69. The first kappa shape index (κ1) is 21.7. The van der Waals surface area contributed by atoms with Crippen molar-refractivity contribution >= 4 is 18.0 Å². The molecule has 0 unspecified atom stereocenters. The van der Waals surface area contributed by atoms with Crippen molar-refractivity contribution in [1.29, 1.82) is 0 Å². The van der Waals surface area contributed by atoms with Crippen molar-refractivity contribution in [2.75, 3.05) is 13.2 Å². The third-order valence-electron chi connectivity index (χ3n) is 3.89. The van der Waals surface area contributed by atoms with E-state index in [1.165, 1.54) is 12.3 Å². The number of rotatable bonds is 8. The zero-order valence-corrected chi connectivity index (χ0v) is 16.6. The van der Waals surface area contributed by atoms with E-state index in [0.29, 0.717) is 11.3 Å². The maximum atomic E-state index is 11.9. The predicted molar refractivity (Wildman–Crippen MR) is 109 cm³/mol. The van der Waals surface area contributed by atoms with E-state index in [0.717, 1.165) is 11.1 Å². The molecule has 154 valence electrons. The molecule has 0 spiro atoms. The van der Waals surface area contributed by atoms with Gasteiger partial charge < -0.3 is 14.7 Å². The minimum atomic E-state index is -0.591. The Labute approximate surface area is 169 Å². The number of para-hydroxylation sites is 1. The van der Waals surface area contributed by atoms with Gasteiger partial charge in [0.15, 0.2) is 13.2 Å². The fourth-order valence-electron chi connectivity index (χ4n) is 2.39. The Morgan fingerprint density at radius 2 is 1.79 bits per heavy atom. The number of nitrogens with one attached hydrogen (secondary N) is 2. The van der Waals surface area contributed by atoms with Gasteiger partial charge in [0.1, 0.15) is 11.5 Å². The number of oxime groups is 1. The molecule has 2 amide bonds. The number of phenolic OH excluding ortho intramolecular Hbond substituents is 1. The number of benzene rings is 2. The van der Waals surface area contributed by atoms with Gasteiger partial charge >= 0.3 is 0 Å². The summed E-state index contributed by atoms with van der Waals surface area (Å²) in [6.07, 6.45) is 1.28. The van der Waals surface area contributed by atoms with Crippen LogP contribution in [-0.4, -0.2) is 36.3 Å². The molecule has 8 nitrogen and oxygen atoms in total. The van der Waals surface area contributed by atoms with Gasteiger partial charge in [-0.3, -0.25) is 20.4 Å². The van der Waals surface area contributed by atoms with Crippen LogP contribution in [0.2, 0.25) is 0 Å². The normalized spacial score (nSPS) is 10.8. The number of carbonyl (C=O) groups is 2. The van der Waals surface area contributed by atoms with Gasteiger partial charge in [-0.2, -0.15) is 0 Å². The quantitative estimate of drug-likeness (QED) is 0.466. The second kappa shape index (κ2) is 10.7. The number of aryl methyl sites for hydroxylation is 1. The lowest BCUT2D eigenvalue weighted by molar-refractivity contribution is -0.132. The number of carbonyl (C=O) groups excluding carboxylic acids is 2. The molecule has 0 radical (unpaired) electrons. The topological polar surface area (TPSA) is 109 Å². The molecule has 0 heterocycles. The zero-order chi connectivity index (χ0) is 21.2. The molecule has 0 fully saturated rings. The van der Waals surface area contributed by atoms with Crippen LogP contribution in [0.15, 0.2) is 47.6 Å². The molecule has 2 rings (SSSR count). The molecule has 0 saturated heterocycles. The summed E-state index contributed by atoms with van der Waals surface area (Å²) < 4.78 is 5.59. The van der Waals surface area contributed by atoms with Crippen LogP contribution in [0.4, 0.5) is 0 Å². The van der Waals surface area contributed by atoms with Crippen molar-refractivity contribution in [3.8, 4) is 11.5 Å². The minimum absolute atomic E-state index is 0.0470. The Morgan fingerprint density at radius 1 is 1.10 bits per heavy atom. The maximum absolute atomic E-state index is 11.9. The van der Waals surface area contributed by atoms with Crippen LogP contribution >= 0.6 is 0 Å². The molecule has 0 saturated carbocycles. The zero-order valence-electron chi connectivity index (χ0n) is 16.6. The van der Waals surface area contributed by atoms with Crippen LogP contribution in [0.3, 0.4) is 0 Å². The van der Waals surface area contributed by atoms with E-state index in [1.807, 2.05) is 39.0 Å². The highest BCUT2D eigenvalue weighted by Gasteiger charge is 2.11. The molecule has 0 bridgehead atoms. The summed E-state index contributed by atoms with van der Waals surface area (Å²) in [7, 11) is 0. The average molecular weight is 399 g/mol. The summed E-state index contributed by atoms with van der Waals surface area (Å²) in [5.41, 5.74) is 6.94. The maximum Gasteiger partial charge on any atom is 0.279 e. The van der Waals surface area contributed by atoms with Crippen LogP contribution in [0.1, 0.15) is 36.5 Å². The highest BCUT2D eigenvalue weighted by Crippen LogP contribution is 2.27. The van der Waals surface area contributed by atoms with Crippen LogP contribution < -0.4 is 15.6 Å². The molecule has 0 aliphatic rings. The summed E-state index contributed by atoms with van der Waals surface area (Å²) in [5.74, 6) is -0.156. The lowest BCUT2D eigenvalue weighted by atomic mass is 10.0. The number of nitrogens with zero attached hydrogens (tertiary/aromatic N) is 1. The summed E-state index contributed by atoms with van der Waals surface area (Å²) in [6, 6.07) is 12.4. The Bertz CT molecular complexity index is 880. The number of phenols is 1. The molecule has 29 heavy (non-hydrogen) atoms. The molecule has 3 N–H and O–H groups in total. The van der Waals surface area contributed by atoms with Gasteiger partial charge in [0.05, 0.1) is 6.21 Å². The molecular formula is C21H25N3O5. The van der Waals surface area contributed by atoms with E-state index >= 15 is 0 Å². The van der Waals surface area contributed by atoms with Gasteiger partial charge in [0, 0.05) is 5.56 Å². The van der Waals surface area contributed by atoms with E-state index in [4.69, 9.17) is 9.57 Å². The summed E-state index contributed by atoms with van der Waals surface area (Å²) in [4.78, 5) is 28.4. The predicted octanol–water partition coefficient (Wildman–Crippen LogP) is 2.40. The molecule has 8 heteroatoms. The number of hydrogen-bond acceptors (Lipinski definition) is 6. The SMILES string of the molecule is Cc1ccc(C(C)C)c(OCC(=O)NNC(=O)CON=Cc2ccccc2O)c1. The highest BCUT2D eigenvalue weighted by atomic mass is 16.6. The van der Waals surface area contributed by atoms with Crippen LogP contribution in [0.5, 0.6) is 11.5 Å². The van der Waals surface area contributed by atoms with Gasteiger partial charge in [0.2, 0.25) is 0 Å². The second-order valence-corrected chi connectivity index (χ2v) is 6.65. The first-order valence-corrected chi connectivity index (χ1v) is 9.11. The first-order valence-electron chi connectivity index (χ1n) is 9.11. The minimum Gasteiger partial charge on any atom is -0.507 e. The number of amides is 2. The number of aromatic hydroxyl groups is 1. The van der Waals surface area contributed by atoms with E-state index in [9.17, 15) is 14.7 Å². The monoisotopic (exact) mass is 399 g/mol. The Balaban J connectivity index is 1.72. The molecule has 2 aromatic carbocycles. The fourth-order valence-corrected chi connectivity index (χ4v) is 2.39. The summed E-state index contributed by atoms with van der Waals surface area (Å²) in [5, 5.41) is 13.2. The molecule has 0 aromatic heterocycles. The van der Waals surface area contributed by atoms with Gasteiger partial charge in [-0.1, -0.05) is 43.3 Å². The van der Waals surface area contributed by atoms with Crippen molar-refractivity contribution in [2.24, 2.45) is 5.16 Å². The van der Waals surface area contributed by atoms with Crippen LogP contribution in [0, 0.1) is 6.92 Å². The molecule has 0 aliphatic heterocycles. The number of ether oxygens (including phenoxy) is 1. The lowest BCUT2D eigenvalue weighted by Crippen LogP contribution is -2.45. The van der Waals surface area contributed by atoms with Crippen molar-refractivity contribution in [3.05, 3.63) is 59.2 Å². The Morgan fingerprint density at radius 3 is 2.48 bits per heavy atom. The largest absolute Gasteiger partial charge is 0.507 e. The fraction of sp³-hybridized carbons (Fsp3) is 0.286. The third-order valence-corrected chi connectivity index (χ3v) is 3.89. The Hall–Kier alpha value is -3.55. The molecule has 2 aromatic rings. The van der Waals surface area contributed by atoms with E-state index in [2.05, 4.69) is 16.0 Å². The number of hydrogen-bond donors (Lipinski definition) is 3. The van der Waals surface area contributed by atoms with Gasteiger partial charge in [-0.25, -0.2) is 0 Å². The standard InChI is InChI=1S/C21H25N3O5/c1-14(2)17-9-8-15(3)10-19(17)28-12-20(26)23-24-21(27)13-29-22-11-16-6-4-5-7-18(16)25/h4-11,14,25H,12-13H2,1-3H3,(H,23,26)(H,24,27). The molecular weight excluding hydrogens is 374 g/mol. The Kier molecular flexibility index (Phi) is 8.02. The second-order valence-electron chi connectivity index (χ2n) is 6.65. The smallest absolute Gasteiger partial charge is 0.279 e. The van der Waals surface area contributed by atoms with Crippen molar-refractivity contribution < 1.29 is 24.3 Å². The number of hydrazine groups is 1. The van der Waals surface area contributed by atoms with E-state index in [1.54, 1.807) is 18.2 Å². The van der Waals surface area contributed by atoms with Gasteiger partial charge in [-0.05, 0) is 42.2 Å². The lowest BCUT2D eigenvalue weighted by Gasteiger charge is -2.15. The third kappa shape index (κ3) is 7.17. The van der Waals surface area contributed by atoms with Crippen LogP contribution in [-0.2, 0) is 14.4 Å².